The fraction of sp³-hybridized carbons (Fsp3) is 0.167. The molecule has 5 nitrogen and oxygen atoms in total. The number of carbonyl (C=O) groups is 1. The lowest BCUT2D eigenvalue weighted by Crippen LogP contribution is -2.18. The van der Waals surface area contributed by atoms with Crippen LogP contribution in [0.5, 0.6) is 0 Å². The van der Waals surface area contributed by atoms with Crippen molar-refractivity contribution >= 4 is 5.91 Å². The van der Waals surface area contributed by atoms with Gasteiger partial charge in [0.15, 0.2) is 5.69 Å². The van der Waals surface area contributed by atoms with E-state index in [1.54, 1.807) is 24.0 Å². The Labute approximate surface area is 99.2 Å². The van der Waals surface area contributed by atoms with Crippen LogP contribution in [0.4, 0.5) is 0 Å². The summed E-state index contributed by atoms with van der Waals surface area (Å²) in [7, 11) is 1.58. The second-order valence-electron chi connectivity index (χ2n) is 3.56. The largest absolute Gasteiger partial charge is 0.354 e. The minimum absolute atomic E-state index is 0.200. The van der Waals surface area contributed by atoms with Crippen molar-refractivity contribution in [3.8, 4) is 5.69 Å². The fourth-order valence-electron chi connectivity index (χ4n) is 1.61. The normalized spacial score (nSPS) is 10.2. The van der Waals surface area contributed by atoms with E-state index in [0.717, 1.165) is 11.3 Å². The molecule has 0 aliphatic rings. The molecule has 1 aromatic carbocycles. The number of nitrogens with zero attached hydrogens (tertiary/aromatic N) is 2. The van der Waals surface area contributed by atoms with E-state index in [0.29, 0.717) is 12.2 Å². The van der Waals surface area contributed by atoms with Crippen molar-refractivity contribution in [2.24, 2.45) is 5.73 Å². The summed E-state index contributed by atoms with van der Waals surface area (Å²) in [5, 5.41) is 6.74. The Morgan fingerprint density at radius 1 is 1.41 bits per heavy atom. The molecule has 2 aromatic rings. The number of hydrogen-bond donors (Lipinski definition) is 2. The molecule has 0 radical (unpaired) electrons. The van der Waals surface area contributed by atoms with E-state index >= 15 is 0 Å². The van der Waals surface area contributed by atoms with Crippen LogP contribution in [-0.4, -0.2) is 22.7 Å². The molecule has 17 heavy (non-hydrogen) atoms. The molecule has 1 amide bonds. The van der Waals surface area contributed by atoms with Crippen LogP contribution in [0.25, 0.3) is 5.69 Å². The second-order valence-corrected chi connectivity index (χ2v) is 3.56. The monoisotopic (exact) mass is 230 g/mol. The highest BCUT2D eigenvalue weighted by Crippen LogP contribution is 2.13. The molecule has 0 spiro atoms. The van der Waals surface area contributed by atoms with Gasteiger partial charge in [-0.1, -0.05) is 18.2 Å². The van der Waals surface area contributed by atoms with Crippen molar-refractivity contribution in [1.82, 2.24) is 15.1 Å². The Bertz CT molecular complexity index is 533. The van der Waals surface area contributed by atoms with Crippen LogP contribution in [0.15, 0.2) is 36.5 Å². The Kier molecular flexibility index (Phi) is 3.20. The standard InChI is InChI=1S/C12H14N4O/c1-14-12(17)10-6-7-16(15-10)11-5-3-2-4-9(11)8-13/h2-7H,8,13H2,1H3,(H,14,17). The number of nitrogens with two attached hydrogens (primary N) is 1. The van der Waals surface area contributed by atoms with E-state index in [2.05, 4.69) is 10.4 Å². The van der Waals surface area contributed by atoms with Crippen molar-refractivity contribution in [3.63, 3.8) is 0 Å². The van der Waals surface area contributed by atoms with Gasteiger partial charge in [0.1, 0.15) is 0 Å². The molecule has 88 valence electrons. The van der Waals surface area contributed by atoms with Gasteiger partial charge in [0.2, 0.25) is 0 Å². The van der Waals surface area contributed by atoms with Crippen LogP contribution in [-0.2, 0) is 6.54 Å². The number of carbonyl (C=O) groups excluding carboxylic acids is 1. The molecular formula is C12H14N4O. The highest BCUT2D eigenvalue weighted by Gasteiger charge is 2.09. The molecule has 0 aliphatic carbocycles. The first-order valence-corrected chi connectivity index (χ1v) is 5.32. The predicted octanol–water partition coefficient (Wildman–Crippen LogP) is 0.691. The van der Waals surface area contributed by atoms with Crippen molar-refractivity contribution in [2.45, 2.75) is 6.54 Å². The highest BCUT2D eigenvalue weighted by molar-refractivity contribution is 5.91. The lowest BCUT2D eigenvalue weighted by molar-refractivity contribution is 0.0957. The third kappa shape index (κ3) is 2.19. The van der Waals surface area contributed by atoms with E-state index in [9.17, 15) is 4.79 Å². The number of rotatable bonds is 3. The Morgan fingerprint density at radius 3 is 2.88 bits per heavy atom. The van der Waals surface area contributed by atoms with E-state index < -0.39 is 0 Å². The molecule has 3 N–H and O–H groups in total. The van der Waals surface area contributed by atoms with Gasteiger partial charge >= 0.3 is 0 Å². The third-order valence-electron chi connectivity index (χ3n) is 2.51. The number of benzene rings is 1. The SMILES string of the molecule is CNC(=O)c1ccn(-c2ccccc2CN)n1. The number of nitrogens with one attached hydrogen (secondary N) is 1. The Morgan fingerprint density at radius 2 is 2.18 bits per heavy atom. The van der Waals surface area contributed by atoms with E-state index in [-0.39, 0.29) is 5.91 Å². The van der Waals surface area contributed by atoms with Gasteiger partial charge in [-0.3, -0.25) is 4.79 Å². The van der Waals surface area contributed by atoms with Crippen LogP contribution in [0, 0.1) is 0 Å². The first kappa shape index (κ1) is 11.3. The first-order chi connectivity index (χ1) is 8.26. The van der Waals surface area contributed by atoms with E-state index in [4.69, 9.17) is 5.73 Å². The molecule has 0 aliphatic heterocycles. The predicted molar refractivity (Wildman–Crippen MR) is 64.8 cm³/mol. The van der Waals surface area contributed by atoms with Gasteiger partial charge in [0, 0.05) is 19.8 Å². The minimum Gasteiger partial charge on any atom is -0.354 e. The summed E-state index contributed by atoms with van der Waals surface area (Å²) in [4.78, 5) is 11.4. The molecule has 0 saturated heterocycles. The molecule has 0 unspecified atom stereocenters. The topological polar surface area (TPSA) is 72.9 Å². The molecule has 0 saturated carbocycles. The Hall–Kier alpha value is -2.14. The van der Waals surface area contributed by atoms with Crippen LogP contribution in [0.1, 0.15) is 16.1 Å². The fourth-order valence-corrected chi connectivity index (χ4v) is 1.61. The van der Waals surface area contributed by atoms with Gasteiger partial charge in [0.25, 0.3) is 5.91 Å². The van der Waals surface area contributed by atoms with Crippen molar-refractivity contribution in [1.29, 1.82) is 0 Å². The van der Waals surface area contributed by atoms with Crippen molar-refractivity contribution in [2.75, 3.05) is 7.05 Å². The van der Waals surface area contributed by atoms with Crippen LogP contribution < -0.4 is 11.1 Å². The summed E-state index contributed by atoms with van der Waals surface area (Å²) in [5.41, 5.74) is 7.93. The lowest BCUT2D eigenvalue weighted by Gasteiger charge is -2.06. The molecule has 0 bridgehead atoms. The molecule has 0 atom stereocenters. The van der Waals surface area contributed by atoms with Gasteiger partial charge in [-0.2, -0.15) is 5.10 Å². The first-order valence-electron chi connectivity index (χ1n) is 5.32. The molecule has 1 heterocycles. The average Bonchev–Trinajstić information content (AvgIpc) is 2.87. The second kappa shape index (κ2) is 4.80. The zero-order valence-electron chi connectivity index (χ0n) is 9.55. The van der Waals surface area contributed by atoms with Gasteiger partial charge in [-0.05, 0) is 17.7 Å². The maximum atomic E-state index is 11.4. The van der Waals surface area contributed by atoms with E-state index in [1.165, 1.54) is 0 Å². The maximum absolute atomic E-state index is 11.4. The number of aromatic nitrogens is 2. The van der Waals surface area contributed by atoms with Crippen LogP contribution in [0.2, 0.25) is 0 Å². The summed E-state index contributed by atoms with van der Waals surface area (Å²) in [6.45, 7) is 0.436. The van der Waals surface area contributed by atoms with Gasteiger partial charge < -0.3 is 11.1 Å². The maximum Gasteiger partial charge on any atom is 0.271 e. The number of hydrogen-bond acceptors (Lipinski definition) is 3. The zero-order valence-corrected chi connectivity index (χ0v) is 9.55. The molecule has 0 fully saturated rings. The number of para-hydroxylation sites is 1. The smallest absolute Gasteiger partial charge is 0.271 e. The van der Waals surface area contributed by atoms with Crippen molar-refractivity contribution in [3.05, 3.63) is 47.8 Å². The summed E-state index contributed by atoms with van der Waals surface area (Å²) in [6, 6.07) is 9.37. The van der Waals surface area contributed by atoms with Crippen LogP contribution >= 0.6 is 0 Å². The Balaban J connectivity index is 2.40. The molecule has 5 heteroatoms. The quantitative estimate of drug-likeness (QED) is 0.814. The average molecular weight is 230 g/mol. The highest BCUT2D eigenvalue weighted by atomic mass is 16.1. The summed E-state index contributed by atoms with van der Waals surface area (Å²) in [5.74, 6) is -0.200. The molecular weight excluding hydrogens is 216 g/mol. The lowest BCUT2D eigenvalue weighted by atomic mass is 10.2. The zero-order chi connectivity index (χ0) is 12.3. The summed E-state index contributed by atoms with van der Waals surface area (Å²) < 4.78 is 1.66. The van der Waals surface area contributed by atoms with Gasteiger partial charge in [0.05, 0.1) is 5.69 Å². The van der Waals surface area contributed by atoms with Crippen LogP contribution in [0.3, 0.4) is 0 Å². The summed E-state index contributed by atoms with van der Waals surface area (Å²) in [6.07, 6.45) is 1.75. The number of amides is 1. The molecule has 1 aromatic heterocycles. The van der Waals surface area contributed by atoms with Crippen molar-refractivity contribution < 1.29 is 4.79 Å². The van der Waals surface area contributed by atoms with Gasteiger partial charge in [-0.25, -0.2) is 4.68 Å². The summed E-state index contributed by atoms with van der Waals surface area (Å²) >= 11 is 0. The third-order valence-corrected chi connectivity index (χ3v) is 2.51. The van der Waals surface area contributed by atoms with Gasteiger partial charge in [-0.15, -0.1) is 0 Å². The molecule has 2 rings (SSSR count). The van der Waals surface area contributed by atoms with E-state index in [1.807, 2.05) is 24.3 Å². The minimum atomic E-state index is -0.200.